The van der Waals surface area contributed by atoms with E-state index in [1.54, 1.807) is 6.07 Å². The summed E-state index contributed by atoms with van der Waals surface area (Å²) in [5.41, 5.74) is 0.661. The molecule has 1 saturated heterocycles. The average molecular weight is 272 g/mol. The molecule has 1 aromatic rings. The van der Waals surface area contributed by atoms with Gasteiger partial charge in [-0.1, -0.05) is 15.9 Å². The first kappa shape index (κ1) is 10.7. The summed E-state index contributed by atoms with van der Waals surface area (Å²) >= 11 is 3.56. The van der Waals surface area contributed by atoms with Gasteiger partial charge in [0, 0.05) is 17.9 Å². The fourth-order valence-electron chi connectivity index (χ4n) is 1.85. The second-order valence-electron chi connectivity index (χ2n) is 3.94. The maximum absolute atomic E-state index is 12.0. The van der Waals surface area contributed by atoms with Crippen molar-refractivity contribution < 1.29 is 9.21 Å². The van der Waals surface area contributed by atoms with Crippen LogP contribution < -0.4 is 0 Å². The Morgan fingerprint density at radius 3 is 3.07 bits per heavy atom. The zero-order chi connectivity index (χ0) is 10.8. The second kappa shape index (κ2) is 4.39. The lowest BCUT2D eigenvalue weighted by atomic mass is 10.1. The minimum atomic E-state index is 0.0796. The molecular weight excluding hydrogens is 258 g/mol. The molecule has 3 nitrogen and oxygen atoms in total. The van der Waals surface area contributed by atoms with Crippen molar-refractivity contribution in [1.29, 1.82) is 0 Å². The van der Waals surface area contributed by atoms with Crippen LogP contribution in [0.25, 0.3) is 0 Å². The summed E-state index contributed by atoms with van der Waals surface area (Å²) in [6.07, 6.45) is 3.75. The van der Waals surface area contributed by atoms with Crippen molar-refractivity contribution in [2.75, 3.05) is 13.1 Å². The van der Waals surface area contributed by atoms with Crippen molar-refractivity contribution >= 4 is 21.8 Å². The minimum Gasteiger partial charge on any atom is -0.469 e. The van der Waals surface area contributed by atoms with E-state index in [0.29, 0.717) is 10.4 Å². The van der Waals surface area contributed by atoms with Gasteiger partial charge >= 0.3 is 0 Å². The van der Waals surface area contributed by atoms with Crippen LogP contribution in [0, 0.1) is 6.92 Å². The summed E-state index contributed by atoms with van der Waals surface area (Å²) in [4.78, 5) is 14.3. The summed E-state index contributed by atoms with van der Waals surface area (Å²) in [7, 11) is 0. The van der Waals surface area contributed by atoms with Crippen LogP contribution in [-0.4, -0.2) is 28.7 Å². The van der Waals surface area contributed by atoms with E-state index >= 15 is 0 Å². The Balaban J connectivity index is 2.07. The van der Waals surface area contributed by atoms with Gasteiger partial charge < -0.3 is 9.32 Å². The normalized spacial score (nSPS) is 21.7. The molecule has 0 spiro atoms. The van der Waals surface area contributed by atoms with Crippen molar-refractivity contribution in [1.82, 2.24) is 4.90 Å². The van der Waals surface area contributed by atoms with Gasteiger partial charge in [-0.05, 0) is 25.8 Å². The Morgan fingerprint density at radius 2 is 2.47 bits per heavy atom. The Labute approximate surface area is 97.6 Å². The van der Waals surface area contributed by atoms with E-state index in [0.717, 1.165) is 31.7 Å². The molecule has 0 saturated carbocycles. The van der Waals surface area contributed by atoms with Crippen molar-refractivity contribution in [2.45, 2.75) is 24.6 Å². The molecule has 82 valence electrons. The van der Waals surface area contributed by atoms with E-state index in [9.17, 15) is 4.79 Å². The van der Waals surface area contributed by atoms with Gasteiger partial charge in [-0.3, -0.25) is 4.79 Å². The maximum atomic E-state index is 12.0. The highest BCUT2D eigenvalue weighted by Gasteiger charge is 2.23. The van der Waals surface area contributed by atoms with Crippen molar-refractivity contribution in [2.24, 2.45) is 0 Å². The van der Waals surface area contributed by atoms with E-state index in [1.165, 1.54) is 6.26 Å². The third-order valence-electron chi connectivity index (χ3n) is 2.63. The number of furan rings is 1. The molecule has 0 aromatic carbocycles. The molecule has 2 heterocycles. The summed E-state index contributed by atoms with van der Waals surface area (Å²) < 4.78 is 5.14. The van der Waals surface area contributed by atoms with Crippen LogP contribution in [0.2, 0.25) is 0 Å². The largest absolute Gasteiger partial charge is 0.469 e. The lowest BCUT2D eigenvalue weighted by Crippen LogP contribution is -2.40. The van der Waals surface area contributed by atoms with E-state index in [4.69, 9.17) is 4.42 Å². The summed E-state index contributed by atoms with van der Waals surface area (Å²) in [5.74, 6) is 0.863. The third-order valence-corrected chi connectivity index (χ3v) is 3.38. The molecule has 1 amide bonds. The molecule has 0 bridgehead atoms. The molecule has 2 rings (SSSR count). The number of hydrogen-bond donors (Lipinski definition) is 0. The van der Waals surface area contributed by atoms with Crippen LogP contribution in [0.3, 0.4) is 0 Å². The Morgan fingerprint density at radius 1 is 1.67 bits per heavy atom. The fraction of sp³-hybridized carbons (Fsp3) is 0.545. The zero-order valence-corrected chi connectivity index (χ0v) is 10.3. The van der Waals surface area contributed by atoms with Gasteiger partial charge in [-0.15, -0.1) is 0 Å². The number of piperidine rings is 1. The number of alkyl halides is 1. The van der Waals surface area contributed by atoms with Crippen molar-refractivity contribution in [3.63, 3.8) is 0 Å². The minimum absolute atomic E-state index is 0.0796. The molecule has 1 aliphatic heterocycles. The van der Waals surface area contributed by atoms with E-state index < -0.39 is 0 Å². The van der Waals surface area contributed by atoms with Crippen LogP contribution >= 0.6 is 15.9 Å². The smallest absolute Gasteiger partial charge is 0.257 e. The molecule has 1 fully saturated rings. The van der Waals surface area contributed by atoms with E-state index in [1.807, 2.05) is 11.8 Å². The van der Waals surface area contributed by atoms with Crippen LogP contribution in [0.4, 0.5) is 0 Å². The molecule has 1 aliphatic rings. The maximum Gasteiger partial charge on any atom is 0.257 e. The lowest BCUT2D eigenvalue weighted by Gasteiger charge is -2.29. The quantitative estimate of drug-likeness (QED) is 0.736. The van der Waals surface area contributed by atoms with Crippen LogP contribution in [0.15, 0.2) is 16.7 Å². The second-order valence-corrected chi connectivity index (χ2v) is 5.23. The SMILES string of the molecule is Cc1cc(C(=O)N2CCCC(Br)C2)co1. The number of rotatable bonds is 1. The predicted octanol–water partition coefficient (Wildman–Crippen LogP) is 2.59. The standard InChI is InChI=1S/C11H14BrNO2/c1-8-5-9(7-15-8)11(14)13-4-2-3-10(12)6-13/h5,7,10H,2-4,6H2,1H3. The number of aryl methyl sites for hydroxylation is 1. The topological polar surface area (TPSA) is 33.5 Å². The number of carbonyl (C=O) groups is 1. The monoisotopic (exact) mass is 271 g/mol. The van der Waals surface area contributed by atoms with Gasteiger partial charge in [-0.2, -0.15) is 0 Å². The number of halogens is 1. The van der Waals surface area contributed by atoms with Crippen molar-refractivity contribution in [3.05, 3.63) is 23.7 Å². The Kier molecular flexibility index (Phi) is 3.14. The van der Waals surface area contributed by atoms with Gasteiger partial charge in [0.1, 0.15) is 12.0 Å². The number of likely N-dealkylation sites (tertiary alicyclic amines) is 1. The highest BCUT2D eigenvalue weighted by molar-refractivity contribution is 9.09. The Hall–Kier alpha value is -0.770. The molecular formula is C11H14BrNO2. The third kappa shape index (κ3) is 2.43. The first-order valence-electron chi connectivity index (χ1n) is 5.15. The van der Waals surface area contributed by atoms with Crippen molar-refractivity contribution in [3.8, 4) is 0 Å². The summed E-state index contributed by atoms with van der Waals surface area (Å²) in [6.45, 7) is 3.49. The molecule has 0 N–H and O–H groups in total. The molecule has 0 radical (unpaired) electrons. The van der Waals surface area contributed by atoms with Gasteiger partial charge in [0.2, 0.25) is 0 Å². The molecule has 1 unspecified atom stereocenters. The Bertz CT molecular complexity index is 361. The van der Waals surface area contributed by atoms with E-state index in [2.05, 4.69) is 15.9 Å². The van der Waals surface area contributed by atoms with Gasteiger partial charge in [0.15, 0.2) is 0 Å². The molecule has 15 heavy (non-hydrogen) atoms. The highest BCUT2D eigenvalue weighted by atomic mass is 79.9. The predicted molar refractivity (Wildman–Crippen MR) is 61.3 cm³/mol. The summed E-state index contributed by atoms with van der Waals surface area (Å²) in [5, 5.41) is 0. The van der Waals surface area contributed by atoms with Gasteiger partial charge in [0.05, 0.1) is 5.56 Å². The fourth-order valence-corrected chi connectivity index (χ4v) is 2.52. The van der Waals surface area contributed by atoms with Crippen LogP contribution in [-0.2, 0) is 0 Å². The molecule has 1 atom stereocenters. The average Bonchev–Trinajstić information content (AvgIpc) is 2.64. The molecule has 4 heteroatoms. The van der Waals surface area contributed by atoms with E-state index in [-0.39, 0.29) is 5.91 Å². The zero-order valence-electron chi connectivity index (χ0n) is 8.70. The first-order valence-corrected chi connectivity index (χ1v) is 6.07. The molecule has 0 aliphatic carbocycles. The number of amides is 1. The highest BCUT2D eigenvalue weighted by Crippen LogP contribution is 2.19. The number of carbonyl (C=O) groups excluding carboxylic acids is 1. The summed E-state index contributed by atoms with van der Waals surface area (Å²) in [6, 6.07) is 1.79. The first-order chi connectivity index (χ1) is 7.16. The molecule has 1 aromatic heterocycles. The van der Waals surface area contributed by atoms with Crippen LogP contribution in [0.1, 0.15) is 29.0 Å². The number of nitrogens with zero attached hydrogens (tertiary/aromatic N) is 1. The van der Waals surface area contributed by atoms with Crippen LogP contribution in [0.5, 0.6) is 0 Å². The lowest BCUT2D eigenvalue weighted by molar-refractivity contribution is 0.0729. The van der Waals surface area contributed by atoms with Gasteiger partial charge in [-0.25, -0.2) is 0 Å². The van der Waals surface area contributed by atoms with Gasteiger partial charge in [0.25, 0.3) is 5.91 Å². The number of hydrogen-bond acceptors (Lipinski definition) is 2.